The Morgan fingerprint density at radius 3 is 2.76 bits per heavy atom. The van der Waals surface area contributed by atoms with E-state index in [0.29, 0.717) is 12.6 Å². The van der Waals surface area contributed by atoms with Crippen molar-refractivity contribution in [3.05, 3.63) is 24.3 Å². The van der Waals surface area contributed by atoms with Crippen LogP contribution in [0.4, 0.5) is 0 Å². The van der Waals surface area contributed by atoms with Crippen LogP contribution in [0, 0.1) is 0 Å². The molecule has 0 aliphatic carbocycles. The van der Waals surface area contributed by atoms with E-state index in [1.165, 1.54) is 18.6 Å². The van der Waals surface area contributed by atoms with Crippen LogP contribution in [0.5, 0.6) is 11.5 Å². The first-order valence-corrected chi connectivity index (χ1v) is 9.80. The van der Waals surface area contributed by atoms with Crippen molar-refractivity contribution in [2.45, 2.75) is 38.8 Å². The van der Waals surface area contributed by atoms with Gasteiger partial charge in [-0.05, 0) is 44.6 Å². The molecule has 0 radical (unpaired) electrons. The fraction of sp³-hybridized carbons (Fsp3) is 0.611. The molecule has 1 saturated heterocycles. The highest BCUT2D eigenvalue weighted by molar-refractivity contribution is 14.0. The van der Waals surface area contributed by atoms with Gasteiger partial charge in [0, 0.05) is 18.3 Å². The smallest absolute Gasteiger partial charge is 0.191 e. The Morgan fingerprint density at radius 2 is 2.12 bits per heavy atom. The first-order valence-electron chi connectivity index (χ1n) is 8.65. The predicted octanol–water partition coefficient (Wildman–Crippen LogP) is 3.53. The molecule has 2 atom stereocenters. The van der Waals surface area contributed by atoms with Crippen LogP contribution in [-0.4, -0.2) is 49.8 Å². The minimum absolute atomic E-state index is 0. The van der Waals surface area contributed by atoms with E-state index in [-0.39, 0.29) is 30.1 Å². The zero-order valence-corrected chi connectivity index (χ0v) is 18.4. The molecule has 0 amide bonds. The Kier molecular flexibility index (Phi) is 11.1. The van der Waals surface area contributed by atoms with E-state index in [4.69, 9.17) is 9.47 Å². The Bertz CT molecular complexity index is 525. The molecule has 2 N–H and O–H groups in total. The summed E-state index contributed by atoms with van der Waals surface area (Å²) in [6.07, 6.45) is 2.46. The topological polar surface area (TPSA) is 54.9 Å². The maximum atomic E-state index is 5.96. The number of methoxy groups -OCH3 is 1. The van der Waals surface area contributed by atoms with E-state index in [2.05, 4.69) is 22.5 Å². The first-order chi connectivity index (χ1) is 11.7. The van der Waals surface area contributed by atoms with Crippen molar-refractivity contribution in [2.24, 2.45) is 4.99 Å². The second kappa shape index (κ2) is 12.5. The lowest BCUT2D eigenvalue weighted by molar-refractivity contribution is 0.219. The minimum atomic E-state index is -0.0301. The molecule has 25 heavy (non-hydrogen) atoms. The van der Waals surface area contributed by atoms with Crippen molar-refractivity contribution in [2.75, 3.05) is 31.7 Å². The van der Waals surface area contributed by atoms with Gasteiger partial charge in [0.1, 0.15) is 6.10 Å². The van der Waals surface area contributed by atoms with Crippen LogP contribution < -0.4 is 20.1 Å². The van der Waals surface area contributed by atoms with E-state index in [1.54, 1.807) is 7.11 Å². The number of thioether (sulfide) groups is 1. The van der Waals surface area contributed by atoms with Crippen LogP contribution in [0.1, 0.15) is 26.7 Å². The molecule has 142 valence electrons. The number of hydrogen-bond acceptors (Lipinski definition) is 4. The summed E-state index contributed by atoms with van der Waals surface area (Å²) in [6.45, 7) is 5.55. The van der Waals surface area contributed by atoms with Crippen molar-refractivity contribution in [3.63, 3.8) is 0 Å². The monoisotopic (exact) mass is 479 g/mol. The molecule has 2 unspecified atom stereocenters. The standard InChI is InChI=1S/C18H29N3O2S.HI/c1-4-19-18(21-15-8-7-11-24-13-15)20-12-14(2)23-17-10-6-5-9-16(17)22-3;/h5-6,9-10,14-15H,4,7-8,11-13H2,1-3H3,(H2,19,20,21);1H. The summed E-state index contributed by atoms with van der Waals surface area (Å²) in [5.41, 5.74) is 0. The van der Waals surface area contributed by atoms with Gasteiger partial charge in [-0.1, -0.05) is 12.1 Å². The third-order valence-electron chi connectivity index (χ3n) is 3.75. The average molecular weight is 479 g/mol. The summed E-state index contributed by atoms with van der Waals surface area (Å²) >= 11 is 2.01. The zero-order chi connectivity index (χ0) is 17.2. The molecule has 0 bridgehead atoms. The van der Waals surface area contributed by atoms with Crippen molar-refractivity contribution < 1.29 is 9.47 Å². The van der Waals surface area contributed by atoms with E-state index in [1.807, 2.05) is 43.0 Å². The highest BCUT2D eigenvalue weighted by Gasteiger charge is 2.15. The van der Waals surface area contributed by atoms with E-state index in [0.717, 1.165) is 29.8 Å². The quantitative estimate of drug-likeness (QED) is 0.356. The van der Waals surface area contributed by atoms with E-state index < -0.39 is 0 Å². The van der Waals surface area contributed by atoms with Crippen LogP contribution >= 0.6 is 35.7 Å². The molecule has 0 saturated carbocycles. The predicted molar refractivity (Wildman–Crippen MR) is 118 cm³/mol. The number of nitrogens with zero attached hydrogens (tertiary/aromatic N) is 1. The molecule has 0 spiro atoms. The molecule has 1 fully saturated rings. The van der Waals surface area contributed by atoms with Crippen LogP contribution in [0.3, 0.4) is 0 Å². The van der Waals surface area contributed by atoms with Crippen LogP contribution in [0.15, 0.2) is 29.3 Å². The van der Waals surface area contributed by atoms with Gasteiger partial charge in [0.2, 0.25) is 0 Å². The van der Waals surface area contributed by atoms with E-state index >= 15 is 0 Å². The fourth-order valence-electron chi connectivity index (χ4n) is 2.56. The number of aliphatic imine (C=N–C) groups is 1. The van der Waals surface area contributed by atoms with Crippen LogP contribution in [0.25, 0.3) is 0 Å². The van der Waals surface area contributed by atoms with Gasteiger partial charge >= 0.3 is 0 Å². The lowest BCUT2D eigenvalue weighted by atomic mass is 10.2. The molecule has 0 aromatic heterocycles. The number of guanidine groups is 1. The van der Waals surface area contributed by atoms with Gasteiger partial charge in [-0.15, -0.1) is 24.0 Å². The summed E-state index contributed by atoms with van der Waals surface area (Å²) in [6, 6.07) is 8.20. The second-order valence-corrected chi connectivity index (χ2v) is 7.01. The van der Waals surface area contributed by atoms with Gasteiger partial charge < -0.3 is 20.1 Å². The molecule has 1 aliphatic rings. The number of hydrogen-bond donors (Lipinski definition) is 2. The van der Waals surface area contributed by atoms with Gasteiger partial charge in [-0.3, -0.25) is 0 Å². The summed E-state index contributed by atoms with van der Waals surface area (Å²) in [5.74, 6) is 4.80. The molecular formula is C18H30IN3O2S. The maximum Gasteiger partial charge on any atom is 0.191 e. The van der Waals surface area contributed by atoms with Gasteiger partial charge in [0.05, 0.1) is 13.7 Å². The van der Waals surface area contributed by atoms with Crippen molar-refractivity contribution in [1.82, 2.24) is 10.6 Å². The first kappa shape index (κ1) is 22.2. The zero-order valence-electron chi connectivity index (χ0n) is 15.3. The largest absolute Gasteiger partial charge is 0.493 e. The molecule has 1 aromatic carbocycles. The average Bonchev–Trinajstić information content (AvgIpc) is 2.61. The SMILES string of the molecule is CCNC(=NCC(C)Oc1ccccc1OC)NC1CCCSC1.I. The molecular weight excluding hydrogens is 449 g/mol. The number of benzene rings is 1. The molecule has 2 rings (SSSR count). The normalized spacial score (nSPS) is 18.7. The van der Waals surface area contributed by atoms with Gasteiger partial charge in [0.25, 0.3) is 0 Å². The molecule has 1 aliphatic heterocycles. The highest BCUT2D eigenvalue weighted by atomic mass is 127. The summed E-state index contributed by atoms with van der Waals surface area (Å²) in [5, 5.41) is 6.86. The van der Waals surface area contributed by atoms with Gasteiger partial charge in [-0.2, -0.15) is 11.8 Å². The van der Waals surface area contributed by atoms with E-state index in [9.17, 15) is 0 Å². The lowest BCUT2D eigenvalue weighted by Crippen LogP contribution is -2.45. The van der Waals surface area contributed by atoms with Crippen LogP contribution in [-0.2, 0) is 0 Å². The third-order valence-corrected chi connectivity index (χ3v) is 4.96. The Hall–Kier alpha value is -0.830. The number of rotatable bonds is 7. The maximum absolute atomic E-state index is 5.96. The Balaban J connectivity index is 0.00000312. The molecule has 5 nitrogen and oxygen atoms in total. The lowest BCUT2D eigenvalue weighted by Gasteiger charge is -2.25. The summed E-state index contributed by atoms with van der Waals surface area (Å²) in [7, 11) is 1.65. The van der Waals surface area contributed by atoms with Gasteiger partial charge in [-0.25, -0.2) is 4.99 Å². The highest BCUT2D eigenvalue weighted by Crippen LogP contribution is 2.26. The fourth-order valence-corrected chi connectivity index (χ4v) is 3.63. The number of nitrogens with one attached hydrogen (secondary N) is 2. The number of halogens is 1. The number of ether oxygens (including phenoxy) is 2. The molecule has 1 aromatic rings. The minimum Gasteiger partial charge on any atom is -0.493 e. The van der Waals surface area contributed by atoms with Crippen molar-refractivity contribution in [3.8, 4) is 11.5 Å². The molecule has 7 heteroatoms. The summed E-state index contributed by atoms with van der Waals surface area (Å²) < 4.78 is 11.3. The summed E-state index contributed by atoms with van der Waals surface area (Å²) in [4.78, 5) is 4.68. The third kappa shape index (κ3) is 7.94. The Morgan fingerprint density at radius 1 is 1.36 bits per heavy atom. The number of para-hydroxylation sites is 2. The van der Waals surface area contributed by atoms with Crippen LogP contribution in [0.2, 0.25) is 0 Å². The van der Waals surface area contributed by atoms with Crippen molar-refractivity contribution in [1.29, 1.82) is 0 Å². The second-order valence-electron chi connectivity index (χ2n) is 5.86. The van der Waals surface area contributed by atoms with Gasteiger partial charge in [0.15, 0.2) is 17.5 Å². The Labute approximate surface area is 172 Å². The molecule has 1 heterocycles. The van der Waals surface area contributed by atoms with Crippen molar-refractivity contribution >= 4 is 41.7 Å².